The molecule has 1 rings (SSSR count). The number of aliphatic hydroxyl groups excluding tert-OH is 3. The SMILES string of the molecule is CCCCC/C=C\C/C=C\C/C=C\CCCCCCCCC(=O)OC(COCCCCCCCCCC/C=C\C/C=C\CCCCCC)COC1OC(CO)C(O)C(OS(=O)(=O)O)C1O. The Hall–Kier alpha value is -2.20. The van der Waals surface area contributed by atoms with Gasteiger partial charge in [0.05, 0.1) is 19.8 Å². The third-order valence-electron chi connectivity index (χ3n) is 11.4. The minimum absolute atomic E-state index is 0.0244. The van der Waals surface area contributed by atoms with Gasteiger partial charge in [-0.15, -0.1) is 0 Å². The summed E-state index contributed by atoms with van der Waals surface area (Å²) in [7, 11) is -5.07. The van der Waals surface area contributed by atoms with Crippen LogP contribution in [-0.4, -0.2) is 97.5 Å². The highest BCUT2D eigenvalue weighted by molar-refractivity contribution is 7.80. The average molecular weight is 941 g/mol. The maximum Gasteiger partial charge on any atom is 0.397 e. The van der Waals surface area contributed by atoms with Gasteiger partial charge in [-0.2, -0.15) is 8.42 Å². The lowest BCUT2D eigenvalue weighted by Crippen LogP contribution is -2.60. The molecular formula is C52H92O12S. The number of carbonyl (C=O) groups is 1. The second-order valence-electron chi connectivity index (χ2n) is 17.4. The van der Waals surface area contributed by atoms with Crippen molar-refractivity contribution in [1.29, 1.82) is 0 Å². The van der Waals surface area contributed by atoms with Crippen molar-refractivity contribution in [3.8, 4) is 0 Å². The predicted octanol–water partition coefficient (Wildman–Crippen LogP) is 11.7. The van der Waals surface area contributed by atoms with E-state index in [4.69, 9.17) is 18.9 Å². The van der Waals surface area contributed by atoms with Crippen molar-refractivity contribution in [3.63, 3.8) is 0 Å². The molecule has 0 aromatic carbocycles. The summed E-state index contributed by atoms with van der Waals surface area (Å²) in [5.41, 5.74) is 0. The molecule has 0 spiro atoms. The molecule has 0 aliphatic carbocycles. The highest BCUT2D eigenvalue weighted by atomic mass is 32.3. The standard InChI is InChI=1S/C52H92O12S/c1-3-5-7-9-11-13-15-17-19-21-23-25-27-29-31-33-35-37-39-41-48(54)62-46(45-61-52-50(56)51(64-65(57,58)59)49(55)47(43-53)63-52)44-60-42-40-38-36-34-32-30-28-26-24-22-20-18-16-14-12-10-8-6-4-2/h11,13-14,16-17,19-20,22-23,25,46-47,49-53,55-56H,3-10,12,15,18,21,24,26-45H2,1-2H3,(H,57,58,59)/b13-11-,16-14-,19-17-,22-20-,25-23-. The average Bonchev–Trinajstić information content (AvgIpc) is 3.28. The van der Waals surface area contributed by atoms with Gasteiger partial charge in [0, 0.05) is 13.0 Å². The summed E-state index contributed by atoms with van der Waals surface area (Å²) < 4.78 is 59.2. The van der Waals surface area contributed by atoms with E-state index in [0.717, 1.165) is 83.5 Å². The van der Waals surface area contributed by atoms with Crippen LogP contribution in [0.5, 0.6) is 0 Å². The van der Waals surface area contributed by atoms with Gasteiger partial charge in [0.1, 0.15) is 30.5 Å². The zero-order chi connectivity index (χ0) is 47.5. The molecule has 6 unspecified atom stereocenters. The Bertz CT molecular complexity index is 1360. The number of carbonyl (C=O) groups excluding carboxylic acids is 1. The summed E-state index contributed by atoms with van der Waals surface area (Å²) >= 11 is 0. The molecule has 0 amide bonds. The summed E-state index contributed by atoms with van der Waals surface area (Å²) in [6, 6.07) is 0. The molecule has 0 radical (unpaired) electrons. The minimum atomic E-state index is -5.07. The van der Waals surface area contributed by atoms with E-state index in [-0.39, 0.29) is 19.6 Å². The van der Waals surface area contributed by atoms with Gasteiger partial charge >= 0.3 is 16.4 Å². The minimum Gasteiger partial charge on any atom is -0.457 e. The first kappa shape index (κ1) is 60.8. The molecule has 6 atom stereocenters. The quantitative estimate of drug-likeness (QED) is 0.0197. The maximum atomic E-state index is 12.9. The van der Waals surface area contributed by atoms with Crippen LogP contribution in [0.3, 0.4) is 0 Å². The number of unbranched alkanes of at least 4 members (excludes halogenated alkanes) is 21. The van der Waals surface area contributed by atoms with Crippen molar-refractivity contribution in [1.82, 2.24) is 0 Å². The van der Waals surface area contributed by atoms with E-state index in [0.29, 0.717) is 13.0 Å². The normalized spacial score (nSPS) is 20.1. The molecular weight excluding hydrogens is 849 g/mol. The van der Waals surface area contributed by atoms with Gasteiger partial charge in [0.2, 0.25) is 0 Å². The zero-order valence-corrected chi connectivity index (χ0v) is 41.4. The molecule has 4 N–H and O–H groups in total. The molecule has 0 saturated carbocycles. The van der Waals surface area contributed by atoms with E-state index >= 15 is 0 Å². The smallest absolute Gasteiger partial charge is 0.397 e. The van der Waals surface area contributed by atoms with Crippen molar-refractivity contribution in [2.24, 2.45) is 0 Å². The Morgan fingerprint density at radius 3 is 1.51 bits per heavy atom. The van der Waals surface area contributed by atoms with Crippen molar-refractivity contribution in [2.45, 2.75) is 237 Å². The first-order valence-electron chi connectivity index (χ1n) is 25.5. The monoisotopic (exact) mass is 941 g/mol. The molecule has 1 fully saturated rings. The van der Waals surface area contributed by atoms with Gasteiger partial charge in [-0.1, -0.05) is 171 Å². The molecule has 65 heavy (non-hydrogen) atoms. The number of hydrogen-bond donors (Lipinski definition) is 4. The number of aliphatic hydroxyl groups is 3. The van der Waals surface area contributed by atoms with Crippen molar-refractivity contribution < 1.29 is 56.2 Å². The lowest BCUT2D eigenvalue weighted by atomic mass is 9.99. The van der Waals surface area contributed by atoms with Gasteiger partial charge in [-0.3, -0.25) is 9.35 Å². The van der Waals surface area contributed by atoms with E-state index in [1.807, 2.05) is 0 Å². The lowest BCUT2D eigenvalue weighted by molar-refractivity contribution is -0.301. The molecule has 1 saturated heterocycles. The van der Waals surface area contributed by atoms with Crippen LogP contribution < -0.4 is 0 Å². The topological polar surface area (TPSA) is 178 Å². The van der Waals surface area contributed by atoms with Crippen LogP contribution in [0.15, 0.2) is 60.8 Å². The summed E-state index contributed by atoms with van der Waals surface area (Å²) in [4.78, 5) is 12.9. The van der Waals surface area contributed by atoms with Crippen molar-refractivity contribution in [2.75, 3.05) is 26.4 Å². The van der Waals surface area contributed by atoms with E-state index in [1.165, 1.54) is 89.9 Å². The third kappa shape index (κ3) is 36.5. The Labute approximate surface area is 395 Å². The number of rotatable bonds is 44. The van der Waals surface area contributed by atoms with E-state index in [1.54, 1.807) is 0 Å². The Morgan fingerprint density at radius 2 is 1.02 bits per heavy atom. The molecule has 0 aromatic heterocycles. The largest absolute Gasteiger partial charge is 0.457 e. The van der Waals surface area contributed by atoms with Crippen LogP contribution in [0.1, 0.15) is 200 Å². The molecule has 0 aromatic rings. The number of hydrogen-bond acceptors (Lipinski definition) is 11. The first-order valence-corrected chi connectivity index (χ1v) is 26.9. The highest BCUT2D eigenvalue weighted by Crippen LogP contribution is 2.26. The van der Waals surface area contributed by atoms with E-state index < -0.39 is 59.8 Å². The fourth-order valence-corrected chi connectivity index (χ4v) is 7.98. The molecule has 1 aliphatic heterocycles. The van der Waals surface area contributed by atoms with Crippen molar-refractivity contribution >= 4 is 16.4 Å². The van der Waals surface area contributed by atoms with E-state index in [9.17, 15) is 33.1 Å². The molecule has 12 nitrogen and oxygen atoms in total. The van der Waals surface area contributed by atoms with Crippen LogP contribution >= 0.6 is 0 Å². The highest BCUT2D eigenvalue weighted by Gasteiger charge is 2.48. The number of allylic oxidation sites excluding steroid dienone is 10. The van der Waals surface area contributed by atoms with Crippen LogP contribution in [0.2, 0.25) is 0 Å². The Morgan fingerprint density at radius 1 is 0.585 bits per heavy atom. The van der Waals surface area contributed by atoms with Crippen LogP contribution in [0.25, 0.3) is 0 Å². The Balaban J connectivity index is 2.39. The summed E-state index contributed by atoms with van der Waals surface area (Å²) in [5.74, 6) is -0.414. The van der Waals surface area contributed by atoms with Crippen LogP contribution in [0, 0.1) is 0 Å². The predicted molar refractivity (Wildman–Crippen MR) is 262 cm³/mol. The van der Waals surface area contributed by atoms with Gasteiger partial charge in [0.25, 0.3) is 0 Å². The van der Waals surface area contributed by atoms with Gasteiger partial charge in [0.15, 0.2) is 6.29 Å². The molecule has 378 valence electrons. The summed E-state index contributed by atoms with van der Waals surface area (Å²) in [6.45, 7) is 3.92. The first-order chi connectivity index (χ1) is 31.6. The third-order valence-corrected chi connectivity index (χ3v) is 11.8. The van der Waals surface area contributed by atoms with E-state index in [2.05, 4.69) is 78.8 Å². The van der Waals surface area contributed by atoms with Crippen molar-refractivity contribution in [3.05, 3.63) is 60.8 Å². The van der Waals surface area contributed by atoms with Crippen LogP contribution in [-0.2, 0) is 38.3 Å². The van der Waals surface area contributed by atoms with Gasteiger partial charge in [-0.25, -0.2) is 4.18 Å². The fraction of sp³-hybridized carbons (Fsp3) is 0.788. The lowest BCUT2D eigenvalue weighted by Gasteiger charge is -2.41. The number of esters is 1. The second-order valence-corrected chi connectivity index (χ2v) is 18.4. The zero-order valence-electron chi connectivity index (χ0n) is 40.5. The Kier molecular flexibility index (Phi) is 40.3. The van der Waals surface area contributed by atoms with Gasteiger partial charge in [-0.05, 0) is 83.5 Å². The second kappa shape index (κ2) is 43.1. The molecule has 13 heteroatoms. The summed E-state index contributed by atoms with van der Waals surface area (Å²) in [5, 5.41) is 30.8. The van der Waals surface area contributed by atoms with Crippen LogP contribution in [0.4, 0.5) is 0 Å². The summed E-state index contributed by atoms with van der Waals surface area (Å²) in [6.07, 6.45) is 45.3. The molecule has 1 heterocycles. The fourth-order valence-electron chi connectivity index (χ4n) is 7.47. The molecule has 1 aliphatic rings. The van der Waals surface area contributed by atoms with Gasteiger partial charge < -0.3 is 34.3 Å². The molecule has 0 bridgehead atoms. The maximum absolute atomic E-state index is 12.9. The number of ether oxygens (including phenoxy) is 4.